The van der Waals surface area contributed by atoms with Crippen LogP contribution in [0.3, 0.4) is 0 Å². The van der Waals surface area contributed by atoms with Crippen molar-refractivity contribution in [2.24, 2.45) is 0 Å². The van der Waals surface area contributed by atoms with E-state index in [1.54, 1.807) is 24.3 Å². The van der Waals surface area contributed by atoms with Crippen LogP contribution in [-0.4, -0.2) is 37.2 Å². The maximum absolute atomic E-state index is 12.9. The molecule has 21 heavy (non-hydrogen) atoms. The second kappa shape index (κ2) is 5.80. The second-order valence-electron chi connectivity index (χ2n) is 4.87. The van der Waals surface area contributed by atoms with Crippen molar-refractivity contribution in [3.63, 3.8) is 0 Å². The van der Waals surface area contributed by atoms with E-state index in [4.69, 9.17) is 5.11 Å². The minimum atomic E-state index is -4.73. The summed E-state index contributed by atoms with van der Waals surface area (Å²) in [5, 5.41) is 7.27. The fraction of sp³-hybridized carbons (Fsp3) is 0.385. The Morgan fingerprint density at radius 3 is 2.43 bits per heavy atom. The van der Waals surface area contributed by atoms with Crippen molar-refractivity contribution in [3.8, 4) is 0 Å². The van der Waals surface area contributed by atoms with Gasteiger partial charge in [0, 0.05) is 25.1 Å². The molecule has 1 amide bonds. The first-order valence-corrected chi connectivity index (χ1v) is 7.76. The van der Waals surface area contributed by atoms with Crippen LogP contribution in [0.2, 0.25) is 0 Å². The van der Waals surface area contributed by atoms with Crippen LogP contribution in [0.5, 0.6) is 0 Å². The number of hydrogen-bond donors (Lipinski definition) is 1. The molecule has 0 radical (unpaired) electrons. The van der Waals surface area contributed by atoms with E-state index in [9.17, 15) is 21.9 Å². The Morgan fingerprint density at radius 1 is 1.33 bits per heavy atom. The minimum Gasteiger partial charge on any atom is -0.481 e. The van der Waals surface area contributed by atoms with Gasteiger partial charge >= 0.3 is 16.2 Å². The SMILES string of the molecule is O=C(O)CCc1ccc(N2CC(S(=O)(=O)F)CC2=O)cc1. The molecule has 1 saturated heterocycles. The Labute approximate surface area is 121 Å². The van der Waals surface area contributed by atoms with Crippen molar-refractivity contribution < 1.29 is 27.0 Å². The number of carbonyl (C=O) groups is 2. The number of aliphatic carboxylic acids is 1. The normalized spacial score (nSPS) is 19.0. The summed E-state index contributed by atoms with van der Waals surface area (Å²) in [7, 11) is -4.73. The fourth-order valence-corrected chi connectivity index (χ4v) is 2.88. The highest BCUT2D eigenvalue weighted by atomic mass is 32.3. The molecule has 1 aliphatic rings. The van der Waals surface area contributed by atoms with Crippen LogP contribution in [0.1, 0.15) is 18.4 Å². The number of carboxylic acid groups (broad SMARTS) is 1. The number of carbonyl (C=O) groups excluding carboxylic acids is 1. The lowest BCUT2D eigenvalue weighted by Crippen LogP contribution is -2.26. The maximum atomic E-state index is 12.9. The van der Waals surface area contributed by atoms with Gasteiger partial charge in [0.1, 0.15) is 5.25 Å². The van der Waals surface area contributed by atoms with Gasteiger partial charge in [0.25, 0.3) is 0 Å². The molecule has 0 aromatic heterocycles. The van der Waals surface area contributed by atoms with E-state index in [1.807, 2.05) is 0 Å². The van der Waals surface area contributed by atoms with E-state index in [-0.39, 0.29) is 19.4 Å². The summed E-state index contributed by atoms with van der Waals surface area (Å²) in [4.78, 5) is 23.5. The number of rotatable bonds is 5. The highest BCUT2D eigenvalue weighted by Gasteiger charge is 2.38. The molecule has 1 unspecified atom stereocenters. The van der Waals surface area contributed by atoms with Gasteiger partial charge in [-0.05, 0) is 24.1 Å². The monoisotopic (exact) mass is 315 g/mol. The topological polar surface area (TPSA) is 91.8 Å². The van der Waals surface area contributed by atoms with E-state index in [0.717, 1.165) is 5.56 Å². The van der Waals surface area contributed by atoms with Gasteiger partial charge in [0.05, 0.1) is 0 Å². The van der Waals surface area contributed by atoms with Gasteiger partial charge < -0.3 is 10.0 Å². The largest absolute Gasteiger partial charge is 0.481 e. The third-order valence-electron chi connectivity index (χ3n) is 3.36. The second-order valence-corrected chi connectivity index (χ2v) is 6.48. The van der Waals surface area contributed by atoms with Crippen molar-refractivity contribution >= 4 is 27.8 Å². The lowest BCUT2D eigenvalue weighted by molar-refractivity contribution is -0.137. The molecule has 1 aromatic rings. The maximum Gasteiger partial charge on any atom is 0.307 e. The molecular formula is C13H14FNO5S. The Kier molecular flexibility index (Phi) is 4.26. The van der Waals surface area contributed by atoms with Crippen LogP contribution >= 0.6 is 0 Å². The molecule has 1 N–H and O–H groups in total. The van der Waals surface area contributed by atoms with Gasteiger partial charge in [0.2, 0.25) is 5.91 Å². The summed E-state index contributed by atoms with van der Waals surface area (Å²) in [5.74, 6) is -1.34. The third kappa shape index (κ3) is 3.78. The van der Waals surface area contributed by atoms with E-state index in [1.165, 1.54) is 4.90 Å². The van der Waals surface area contributed by atoms with Crippen molar-refractivity contribution in [2.75, 3.05) is 11.4 Å². The van der Waals surface area contributed by atoms with E-state index in [2.05, 4.69) is 0 Å². The Morgan fingerprint density at radius 2 is 1.95 bits per heavy atom. The van der Waals surface area contributed by atoms with Gasteiger partial charge in [0.15, 0.2) is 0 Å². The first kappa shape index (κ1) is 15.4. The van der Waals surface area contributed by atoms with E-state index in [0.29, 0.717) is 12.1 Å². The zero-order valence-corrected chi connectivity index (χ0v) is 11.8. The molecule has 0 spiro atoms. The number of nitrogens with zero attached hydrogens (tertiary/aromatic N) is 1. The number of aryl methyl sites for hydroxylation is 1. The van der Waals surface area contributed by atoms with Crippen LogP contribution < -0.4 is 4.90 Å². The molecule has 114 valence electrons. The molecule has 2 rings (SSSR count). The van der Waals surface area contributed by atoms with Crippen molar-refractivity contribution in [1.82, 2.24) is 0 Å². The van der Waals surface area contributed by atoms with Crippen molar-refractivity contribution in [2.45, 2.75) is 24.5 Å². The van der Waals surface area contributed by atoms with E-state index >= 15 is 0 Å². The molecule has 1 aromatic carbocycles. The number of halogens is 1. The average molecular weight is 315 g/mol. The standard InChI is InChI=1S/C13H14FNO5S/c14-21(19,20)11-7-12(16)15(8-11)10-4-1-9(2-5-10)3-6-13(17)18/h1-2,4-5,11H,3,6-8H2,(H,17,18). The predicted molar refractivity (Wildman–Crippen MR) is 73.2 cm³/mol. The van der Waals surface area contributed by atoms with Gasteiger partial charge in [-0.25, -0.2) is 0 Å². The average Bonchev–Trinajstić information content (AvgIpc) is 2.79. The molecule has 8 heteroatoms. The van der Waals surface area contributed by atoms with E-state index < -0.39 is 27.3 Å². The number of hydrogen-bond acceptors (Lipinski definition) is 4. The summed E-state index contributed by atoms with van der Waals surface area (Å²) < 4.78 is 34.7. The van der Waals surface area contributed by atoms with Gasteiger partial charge in [-0.2, -0.15) is 8.42 Å². The third-order valence-corrected chi connectivity index (χ3v) is 4.48. The van der Waals surface area contributed by atoms with Crippen LogP contribution in [0.4, 0.5) is 9.57 Å². The van der Waals surface area contributed by atoms with Crippen molar-refractivity contribution in [3.05, 3.63) is 29.8 Å². The minimum absolute atomic E-state index is 0.00413. The molecule has 0 aliphatic carbocycles. The Balaban J connectivity index is 2.09. The molecule has 0 bridgehead atoms. The molecule has 1 fully saturated rings. The Bertz CT molecular complexity index is 656. The fourth-order valence-electron chi connectivity index (χ4n) is 2.21. The molecule has 1 heterocycles. The zero-order chi connectivity index (χ0) is 15.6. The van der Waals surface area contributed by atoms with Gasteiger partial charge in [-0.1, -0.05) is 12.1 Å². The number of benzene rings is 1. The van der Waals surface area contributed by atoms with Crippen LogP contribution in [-0.2, 0) is 26.2 Å². The molecule has 1 aliphatic heterocycles. The lowest BCUT2D eigenvalue weighted by atomic mass is 10.1. The highest BCUT2D eigenvalue weighted by Crippen LogP contribution is 2.26. The molecule has 0 saturated carbocycles. The van der Waals surface area contributed by atoms with Crippen LogP contribution in [0, 0.1) is 0 Å². The summed E-state index contributed by atoms with van der Waals surface area (Å²) in [6, 6.07) is 6.54. The number of anilines is 1. The quantitative estimate of drug-likeness (QED) is 0.822. The molecular weight excluding hydrogens is 301 g/mol. The summed E-state index contributed by atoms with van der Waals surface area (Å²) in [6.07, 6.45) is 0.00873. The van der Waals surface area contributed by atoms with Crippen LogP contribution in [0.25, 0.3) is 0 Å². The number of carboxylic acids is 1. The smallest absolute Gasteiger partial charge is 0.307 e. The van der Waals surface area contributed by atoms with Crippen molar-refractivity contribution in [1.29, 1.82) is 0 Å². The number of amides is 1. The van der Waals surface area contributed by atoms with Gasteiger partial charge in [-0.3, -0.25) is 9.59 Å². The predicted octanol–water partition coefficient (Wildman–Crippen LogP) is 1.11. The molecule has 1 atom stereocenters. The first-order chi connectivity index (χ1) is 9.77. The van der Waals surface area contributed by atoms with Gasteiger partial charge in [-0.15, -0.1) is 3.89 Å². The zero-order valence-electron chi connectivity index (χ0n) is 11.0. The summed E-state index contributed by atoms with van der Waals surface area (Å²) in [5.41, 5.74) is 1.27. The first-order valence-electron chi connectivity index (χ1n) is 6.32. The molecule has 6 nitrogen and oxygen atoms in total. The summed E-state index contributed by atoms with van der Waals surface area (Å²) >= 11 is 0. The van der Waals surface area contributed by atoms with Crippen LogP contribution in [0.15, 0.2) is 24.3 Å². The lowest BCUT2D eigenvalue weighted by Gasteiger charge is -2.16. The Hall–Kier alpha value is -1.96. The highest BCUT2D eigenvalue weighted by molar-refractivity contribution is 7.87. The summed E-state index contributed by atoms with van der Waals surface area (Å²) in [6.45, 7) is -0.202.